The number of ketones is 1. The van der Waals surface area contributed by atoms with Crippen LogP contribution >= 0.6 is 0 Å². The fourth-order valence-electron chi connectivity index (χ4n) is 4.07. The second kappa shape index (κ2) is 8.86. The van der Waals surface area contributed by atoms with Gasteiger partial charge in [-0.05, 0) is 67.8 Å². The highest BCUT2D eigenvalue weighted by atomic mass is 16.5. The van der Waals surface area contributed by atoms with E-state index >= 15 is 0 Å². The number of ether oxygens (including phenoxy) is 2. The quantitative estimate of drug-likeness (QED) is 0.508. The van der Waals surface area contributed by atoms with Gasteiger partial charge in [-0.2, -0.15) is 0 Å². The summed E-state index contributed by atoms with van der Waals surface area (Å²) in [5.74, 6) is -0.779. The van der Waals surface area contributed by atoms with Crippen LogP contribution in [-0.4, -0.2) is 30.5 Å². The number of aryl methyl sites for hydroxylation is 1. The number of carbonyl (C=O) groups excluding carboxylic acids is 2. The molecule has 3 aromatic rings. The number of carbonyl (C=O) groups is 2. The number of aliphatic hydroxyl groups is 1. The number of benzene rings is 2. The molecular formula is C26H25NO6. The van der Waals surface area contributed by atoms with Gasteiger partial charge in [-0.1, -0.05) is 18.2 Å². The van der Waals surface area contributed by atoms with E-state index in [0.717, 1.165) is 11.1 Å². The summed E-state index contributed by atoms with van der Waals surface area (Å²) in [7, 11) is 1.54. The molecule has 1 amide bonds. The van der Waals surface area contributed by atoms with E-state index < -0.39 is 23.5 Å². The maximum Gasteiger partial charge on any atom is 0.294 e. The summed E-state index contributed by atoms with van der Waals surface area (Å²) in [6.07, 6.45) is 1.37. The van der Waals surface area contributed by atoms with Crippen molar-refractivity contribution in [3.8, 4) is 11.5 Å². The number of nitrogens with zero attached hydrogens (tertiary/aromatic N) is 1. The summed E-state index contributed by atoms with van der Waals surface area (Å²) < 4.78 is 16.4. The first kappa shape index (κ1) is 22.2. The summed E-state index contributed by atoms with van der Waals surface area (Å²) >= 11 is 0. The molecule has 7 heteroatoms. The molecule has 0 radical (unpaired) electrons. The van der Waals surface area contributed by atoms with Gasteiger partial charge in [-0.25, -0.2) is 0 Å². The monoisotopic (exact) mass is 447 g/mol. The van der Waals surface area contributed by atoms with Crippen molar-refractivity contribution in [3.05, 3.63) is 88.6 Å². The average molecular weight is 447 g/mol. The molecule has 2 heterocycles. The molecule has 0 spiro atoms. The number of hydrogen-bond acceptors (Lipinski definition) is 6. The Kier molecular flexibility index (Phi) is 5.96. The maximum atomic E-state index is 13.4. The molecule has 170 valence electrons. The molecule has 2 aromatic carbocycles. The van der Waals surface area contributed by atoms with Gasteiger partial charge in [0.1, 0.15) is 0 Å². The molecule has 1 atom stereocenters. The van der Waals surface area contributed by atoms with Crippen LogP contribution in [0.2, 0.25) is 0 Å². The Morgan fingerprint density at radius 2 is 1.91 bits per heavy atom. The number of anilines is 1. The first-order valence-electron chi connectivity index (χ1n) is 10.6. The standard InChI is InChI=1S/C26H25NO6/c1-5-32-21-14-17(11-12-19(21)31-4)23-22(24(28)20-10-7-13-33-20)25(29)26(30)27(23)18-9-6-8-15(2)16(18)3/h6-14,23,29H,5H2,1-4H3. The third-order valence-electron chi connectivity index (χ3n) is 5.84. The largest absolute Gasteiger partial charge is 0.503 e. The molecule has 0 fully saturated rings. The zero-order chi connectivity index (χ0) is 23.7. The fourth-order valence-corrected chi connectivity index (χ4v) is 4.07. The molecule has 1 aliphatic rings. The molecule has 7 nitrogen and oxygen atoms in total. The lowest BCUT2D eigenvalue weighted by Crippen LogP contribution is -2.31. The first-order chi connectivity index (χ1) is 15.9. The van der Waals surface area contributed by atoms with Crippen molar-refractivity contribution >= 4 is 17.4 Å². The highest BCUT2D eigenvalue weighted by Crippen LogP contribution is 2.45. The number of hydrogen-bond donors (Lipinski definition) is 1. The summed E-state index contributed by atoms with van der Waals surface area (Å²) in [5.41, 5.74) is 2.99. The van der Waals surface area contributed by atoms with E-state index in [-0.39, 0.29) is 11.3 Å². The Labute approximate surface area is 191 Å². The van der Waals surface area contributed by atoms with Crippen molar-refractivity contribution in [2.45, 2.75) is 26.8 Å². The Bertz CT molecular complexity index is 1240. The van der Waals surface area contributed by atoms with Crippen molar-refractivity contribution in [2.75, 3.05) is 18.6 Å². The first-order valence-corrected chi connectivity index (χ1v) is 10.6. The van der Waals surface area contributed by atoms with Gasteiger partial charge in [0.05, 0.1) is 31.6 Å². The second-order valence-electron chi connectivity index (χ2n) is 7.71. The lowest BCUT2D eigenvalue weighted by Gasteiger charge is -2.29. The lowest BCUT2D eigenvalue weighted by molar-refractivity contribution is -0.117. The summed E-state index contributed by atoms with van der Waals surface area (Å²) in [4.78, 5) is 28.2. The molecule has 0 aliphatic carbocycles. The van der Waals surface area contributed by atoms with E-state index in [0.29, 0.717) is 29.4 Å². The van der Waals surface area contributed by atoms with Gasteiger partial charge in [0.25, 0.3) is 5.91 Å². The van der Waals surface area contributed by atoms with E-state index in [1.165, 1.54) is 24.3 Å². The predicted octanol–water partition coefficient (Wildman–Crippen LogP) is 5.09. The topological polar surface area (TPSA) is 89.2 Å². The Balaban J connectivity index is 1.93. The number of Topliss-reactive ketones (excluding diaryl/α,β-unsaturated/α-hetero) is 1. The number of methoxy groups -OCH3 is 1. The van der Waals surface area contributed by atoms with Crippen LogP contribution in [0.3, 0.4) is 0 Å². The van der Waals surface area contributed by atoms with Crippen molar-refractivity contribution in [1.82, 2.24) is 0 Å². The van der Waals surface area contributed by atoms with Crippen LogP contribution in [0.15, 0.2) is 70.5 Å². The van der Waals surface area contributed by atoms with Crippen LogP contribution in [0.4, 0.5) is 5.69 Å². The highest BCUT2D eigenvalue weighted by Gasteiger charge is 2.46. The zero-order valence-corrected chi connectivity index (χ0v) is 18.9. The van der Waals surface area contributed by atoms with Gasteiger partial charge in [0.2, 0.25) is 5.78 Å². The minimum absolute atomic E-state index is 0.0377. The van der Waals surface area contributed by atoms with Crippen molar-refractivity contribution in [1.29, 1.82) is 0 Å². The van der Waals surface area contributed by atoms with Gasteiger partial charge >= 0.3 is 0 Å². The zero-order valence-electron chi connectivity index (χ0n) is 18.9. The molecule has 4 rings (SSSR count). The lowest BCUT2D eigenvalue weighted by atomic mass is 9.94. The van der Waals surface area contributed by atoms with E-state index in [4.69, 9.17) is 13.9 Å². The molecule has 1 unspecified atom stereocenters. The Morgan fingerprint density at radius 3 is 2.58 bits per heavy atom. The Morgan fingerprint density at radius 1 is 1.12 bits per heavy atom. The number of furan rings is 1. The van der Waals surface area contributed by atoms with Crippen LogP contribution in [0.1, 0.15) is 40.2 Å². The fraction of sp³-hybridized carbons (Fsp3) is 0.231. The smallest absolute Gasteiger partial charge is 0.294 e. The van der Waals surface area contributed by atoms with Crippen molar-refractivity contribution in [2.24, 2.45) is 0 Å². The van der Waals surface area contributed by atoms with Gasteiger partial charge in [-0.3, -0.25) is 14.5 Å². The van der Waals surface area contributed by atoms with Crippen molar-refractivity contribution in [3.63, 3.8) is 0 Å². The van der Waals surface area contributed by atoms with E-state index in [2.05, 4.69) is 0 Å². The van der Waals surface area contributed by atoms with Crippen LogP contribution in [0.5, 0.6) is 11.5 Å². The SMILES string of the molecule is CCOc1cc(C2C(C(=O)c3ccco3)=C(O)C(=O)N2c2cccc(C)c2C)ccc1OC. The van der Waals surface area contributed by atoms with Crippen LogP contribution in [0.25, 0.3) is 0 Å². The summed E-state index contributed by atoms with van der Waals surface area (Å²) in [6.45, 7) is 6.10. The molecule has 1 N–H and O–H groups in total. The summed E-state index contributed by atoms with van der Waals surface area (Å²) in [6, 6.07) is 13.0. The highest BCUT2D eigenvalue weighted by molar-refractivity contribution is 6.20. The molecule has 0 saturated heterocycles. The minimum atomic E-state index is -0.888. The average Bonchev–Trinajstić information content (AvgIpc) is 3.43. The summed E-state index contributed by atoms with van der Waals surface area (Å²) in [5, 5.41) is 10.9. The Hall–Kier alpha value is -4.00. The van der Waals surface area contributed by atoms with Gasteiger partial charge < -0.3 is 19.0 Å². The molecule has 0 saturated carbocycles. The van der Waals surface area contributed by atoms with Crippen molar-refractivity contribution < 1.29 is 28.6 Å². The van der Waals surface area contributed by atoms with Crippen LogP contribution in [0, 0.1) is 13.8 Å². The van der Waals surface area contributed by atoms with E-state index in [9.17, 15) is 14.7 Å². The third-order valence-corrected chi connectivity index (χ3v) is 5.84. The predicted molar refractivity (Wildman–Crippen MR) is 123 cm³/mol. The molecule has 0 bridgehead atoms. The maximum absolute atomic E-state index is 13.4. The molecule has 1 aromatic heterocycles. The van der Waals surface area contributed by atoms with Gasteiger partial charge in [0.15, 0.2) is 23.0 Å². The third kappa shape index (κ3) is 3.75. The number of rotatable bonds is 7. The van der Waals surface area contributed by atoms with Gasteiger partial charge in [-0.15, -0.1) is 0 Å². The number of aliphatic hydroxyl groups excluding tert-OH is 1. The van der Waals surface area contributed by atoms with E-state index in [1.54, 1.807) is 30.3 Å². The minimum Gasteiger partial charge on any atom is -0.503 e. The van der Waals surface area contributed by atoms with Crippen LogP contribution in [-0.2, 0) is 4.79 Å². The number of amides is 1. The molecular weight excluding hydrogens is 422 g/mol. The normalized spacial score (nSPS) is 15.8. The molecule has 1 aliphatic heterocycles. The van der Waals surface area contributed by atoms with Crippen LogP contribution < -0.4 is 14.4 Å². The van der Waals surface area contributed by atoms with E-state index in [1.807, 2.05) is 32.9 Å². The molecule has 33 heavy (non-hydrogen) atoms. The second-order valence-corrected chi connectivity index (χ2v) is 7.71. The van der Waals surface area contributed by atoms with Gasteiger partial charge in [0, 0.05) is 5.69 Å².